The Morgan fingerprint density at radius 1 is 0.760 bits per heavy atom. The molecule has 1 saturated carbocycles. The van der Waals surface area contributed by atoms with Crippen molar-refractivity contribution >= 4 is 12.2 Å². The van der Waals surface area contributed by atoms with Gasteiger partial charge >= 0.3 is 12.2 Å². The summed E-state index contributed by atoms with van der Waals surface area (Å²) in [5, 5.41) is 0. The maximum Gasteiger partial charge on any atom is 0.419 e. The van der Waals surface area contributed by atoms with Gasteiger partial charge in [0, 0.05) is 6.04 Å². The zero-order chi connectivity index (χ0) is 18.3. The van der Waals surface area contributed by atoms with Crippen molar-refractivity contribution < 1.29 is 19.1 Å². The first kappa shape index (κ1) is 21.8. The lowest BCUT2D eigenvalue weighted by molar-refractivity contribution is 0.0547. The van der Waals surface area contributed by atoms with Crippen LogP contribution in [0.4, 0.5) is 9.59 Å². The van der Waals surface area contributed by atoms with Gasteiger partial charge in [-0.15, -0.1) is 0 Å². The van der Waals surface area contributed by atoms with Crippen LogP contribution in [0.1, 0.15) is 97.3 Å². The predicted octanol–water partition coefficient (Wildman–Crippen LogP) is 6.05. The zero-order valence-corrected chi connectivity index (χ0v) is 16.3. The van der Waals surface area contributed by atoms with Crippen LogP contribution in [0.15, 0.2) is 0 Å². The Morgan fingerprint density at radius 3 is 1.68 bits per heavy atom. The third-order valence-electron chi connectivity index (χ3n) is 4.78. The van der Waals surface area contributed by atoms with E-state index in [2.05, 4.69) is 13.8 Å². The number of rotatable bonds is 11. The molecule has 1 aliphatic rings. The van der Waals surface area contributed by atoms with Crippen LogP contribution in [-0.4, -0.2) is 36.3 Å². The quantitative estimate of drug-likeness (QED) is 0.423. The van der Waals surface area contributed by atoms with Crippen LogP contribution < -0.4 is 0 Å². The number of ether oxygens (including phenoxy) is 2. The fourth-order valence-electron chi connectivity index (χ4n) is 3.23. The Bertz CT molecular complexity index is 341. The molecule has 1 rings (SSSR count). The second kappa shape index (κ2) is 14.0. The average molecular weight is 356 g/mol. The molecular formula is C20H37NO4. The minimum Gasteiger partial charge on any atom is -0.449 e. The summed E-state index contributed by atoms with van der Waals surface area (Å²) in [4.78, 5) is 26.2. The number of imide groups is 1. The fraction of sp³-hybridized carbons (Fsp3) is 0.900. The lowest BCUT2D eigenvalue weighted by Gasteiger charge is -2.31. The molecule has 0 spiro atoms. The minimum atomic E-state index is -0.526. The summed E-state index contributed by atoms with van der Waals surface area (Å²) in [6, 6.07) is -0.0694. The van der Waals surface area contributed by atoms with E-state index in [9.17, 15) is 9.59 Å². The Kier molecular flexibility index (Phi) is 12.2. The third-order valence-corrected chi connectivity index (χ3v) is 4.78. The van der Waals surface area contributed by atoms with Crippen LogP contribution >= 0.6 is 0 Å². The van der Waals surface area contributed by atoms with E-state index in [0.29, 0.717) is 13.2 Å². The number of unbranched alkanes of at least 4 members (excludes halogenated alkanes) is 6. The summed E-state index contributed by atoms with van der Waals surface area (Å²) in [6.45, 7) is 5.05. The molecule has 0 radical (unpaired) electrons. The number of hydrogen-bond acceptors (Lipinski definition) is 4. The van der Waals surface area contributed by atoms with Gasteiger partial charge in [-0.05, 0) is 25.7 Å². The topological polar surface area (TPSA) is 55.8 Å². The van der Waals surface area contributed by atoms with Gasteiger partial charge in [-0.3, -0.25) is 0 Å². The van der Waals surface area contributed by atoms with Crippen molar-refractivity contribution in [2.24, 2.45) is 0 Å². The molecule has 0 aromatic heterocycles. The molecule has 0 aliphatic heterocycles. The highest BCUT2D eigenvalue weighted by Crippen LogP contribution is 2.24. The van der Waals surface area contributed by atoms with E-state index >= 15 is 0 Å². The normalized spacial score (nSPS) is 15.0. The maximum absolute atomic E-state index is 12.5. The van der Waals surface area contributed by atoms with Gasteiger partial charge in [-0.1, -0.05) is 71.6 Å². The van der Waals surface area contributed by atoms with Crippen LogP contribution in [0.25, 0.3) is 0 Å². The molecule has 1 fully saturated rings. The van der Waals surface area contributed by atoms with Gasteiger partial charge in [0.2, 0.25) is 0 Å². The molecule has 0 N–H and O–H groups in total. The maximum atomic E-state index is 12.5. The molecule has 0 unspecified atom stereocenters. The molecule has 0 saturated heterocycles. The molecule has 1 aliphatic carbocycles. The summed E-state index contributed by atoms with van der Waals surface area (Å²) in [7, 11) is 0. The van der Waals surface area contributed by atoms with Gasteiger partial charge in [0.15, 0.2) is 0 Å². The smallest absolute Gasteiger partial charge is 0.419 e. The van der Waals surface area contributed by atoms with E-state index in [0.717, 1.165) is 77.0 Å². The number of nitrogens with zero attached hydrogens (tertiary/aromatic N) is 1. The Labute approximate surface area is 153 Å². The molecule has 146 valence electrons. The van der Waals surface area contributed by atoms with E-state index in [1.807, 2.05) is 0 Å². The highest BCUT2D eigenvalue weighted by Gasteiger charge is 2.33. The number of carbonyl (C=O) groups excluding carboxylic acids is 2. The summed E-state index contributed by atoms with van der Waals surface area (Å²) < 4.78 is 10.7. The third kappa shape index (κ3) is 9.13. The van der Waals surface area contributed by atoms with E-state index < -0.39 is 12.2 Å². The van der Waals surface area contributed by atoms with Gasteiger partial charge in [0.1, 0.15) is 0 Å². The number of hydrogen-bond donors (Lipinski definition) is 0. The van der Waals surface area contributed by atoms with Gasteiger partial charge in [-0.2, -0.15) is 0 Å². The molecule has 0 aromatic carbocycles. The van der Waals surface area contributed by atoms with Crippen molar-refractivity contribution in [3.05, 3.63) is 0 Å². The molecular weight excluding hydrogens is 318 g/mol. The number of carbonyl (C=O) groups is 2. The first-order valence-corrected chi connectivity index (χ1v) is 10.3. The van der Waals surface area contributed by atoms with Crippen molar-refractivity contribution in [2.75, 3.05) is 13.2 Å². The van der Waals surface area contributed by atoms with Crippen LogP contribution in [-0.2, 0) is 9.47 Å². The van der Waals surface area contributed by atoms with Crippen molar-refractivity contribution in [3.63, 3.8) is 0 Å². The molecule has 0 heterocycles. The predicted molar refractivity (Wildman–Crippen MR) is 99.7 cm³/mol. The van der Waals surface area contributed by atoms with Gasteiger partial charge in [0.25, 0.3) is 0 Å². The Hall–Kier alpha value is -1.26. The molecule has 5 heteroatoms. The molecule has 25 heavy (non-hydrogen) atoms. The van der Waals surface area contributed by atoms with Gasteiger partial charge < -0.3 is 9.47 Å². The largest absolute Gasteiger partial charge is 0.449 e. The van der Waals surface area contributed by atoms with Crippen LogP contribution in [0, 0.1) is 0 Å². The molecule has 0 atom stereocenters. The second-order valence-electron chi connectivity index (χ2n) is 7.01. The lowest BCUT2D eigenvalue weighted by Crippen LogP contribution is -2.46. The van der Waals surface area contributed by atoms with Crippen molar-refractivity contribution in [2.45, 2.75) is 103 Å². The molecule has 0 bridgehead atoms. The zero-order valence-electron chi connectivity index (χ0n) is 16.3. The fourth-order valence-corrected chi connectivity index (χ4v) is 3.23. The summed E-state index contributed by atoms with van der Waals surface area (Å²) in [5.41, 5.74) is 0. The van der Waals surface area contributed by atoms with Gasteiger partial charge in [-0.25, -0.2) is 14.5 Å². The average Bonchev–Trinajstić information content (AvgIpc) is 2.62. The van der Waals surface area contributed by atoms with Crippen LogP contribution in [0.5, 0.6) is 0 Å². The Balaban J connectivity index is 2.47. The van der Waals surface area contributed by atoms with Gasteiger partial charge in [0.05, 0.1) is 13.2 Å². The van der Waals surface area contributed by atoms with Crippen molar-refractivity contribution in [1.29, 1.82) is 0 Å². The second-order valence-corrected chi connectivity index (χ2v) is 7.01. The van der Waals surface area contributed by atoms with Crippen LogP contribution in [0.2, 0.25) is 0 Å². The van der Waals surface area contributed by atoms with E-state index in [1.165, 1.54) is 11.3 Å². The monoisotopic (exact) mass is 355 g/mol. The number of amides is 2. The first-order chi connectivity index (χ1) is 12.2. The summed E-state index contributed by atoms with van der Waals surface area (Å²) >= 11 is 0. The Morgan fingerprint density at radius 2 is 1.24 bits per heavy atom. The van der Waals surface area contributed by atoms with E-state index in [-0.39, 0.29) is 6.04 Å². The highest BCUT2D eigenvalue weighted by molar-refractivity contribution is 5.88. The van der Waals surface area contributed by atoms with Crippen molar-refractivity contribution in [1.82, 2.24) is 4.90 Å². The van der Waals surface area contributed by atoms with Crippen molar-refractivity contribution in [3.8, 4) is 0 Å². The minimum absolute atomic E-state index is 0.0694. The molecule has 5 nitrogen and oxygen atoms in total. The summed E-state index contributed by atoms with van der Waals surface area (Å²) in [6.07, 6.45) is 12.3. The standard InChI is InChI=1S/C20H37NO4/c1-3-5-7-12-16-24-19(22)21(18-14-10-9-11-15-18)20(23)25-17-13-8-6-4-2/h18H,3-17H2,1-2H3. The van der Waals surface area contributed by atoms with Crippen LogP contribution in [0.3, 0.4) is 0 Å². The van der Waals surface area contributed by atoms with E-state index in [1.54, 1.807) is 0 Å². The highest BCUT2D eigenvalue weighted by atomic mass is 16.6. The van der Waals surface area contributed by atoms with E-state index in [4.69, 9.17) is 9.47 Å². The SMILES string of the molecule is CCCCCCOC(=O)N(C(=O)OCCCCCC)C1CCCCC1. The molecule has 2 amide bonds. The first-order valence-electron chi connectivity index (χ1n) is 10.3. The summed E-state index contributed by atoms with van der Waals surface area (Å²) in [5.74, 6) is 0. The molecule has 0 aromatic rings. The lowest BCUT2D eigenvalue weighted by atomic mass is 9.95.